The van der Waals surface area contributed by atoms with Crippen molar-refractivity contribution < 1.29 is 9.53 Å². The number of carbonyl (C=O) groups excluding carboxylic acids is 1. The fraction of sp³-hybridized carbons (Fsp3) is 0.381. The first kappa shape index (κ1) is 19.7. The predicted octanol–water partition coefficient (Wildman–Crippen LogP) is 3.55. The van der Waals surface area contributed by atoms with Crippen LogP contribution in [0.3, 0.4) is 0 Å². The molecule has 0 aromatic heterocycles. The van der Waals surface area contributed by atoms with Gasteiger partial charge in [0.15, 0.2) is 0 Å². The van der Waals surface area contributed by atoms with E-state index in [0.717, 1.165) is 37.3 Å². The molecule has 2 aromatic carbocycles. The van der Waals surface area contributed by atoms with Crippen LogP contribution in [0, 0.1) is 0 Å². The van der Waals surface area contributed by atoms with Crippen molar-refractivity contribution in [3.63, 3.8) is 0 Å². The van der Waals surface area contributed by atoms with Crippen molar-refractivity contribution in [3.8, 4) is 0 Å². The molecule has 0 bridgehead atoms. The number of amides is 1. The van der Waals surface area contributed by atoms with Crippen LogP contribution in [0.1, 0.15) is 17.2 Å². The number of halogens is 1. The maximum atomic E-state index is 12.2. The highest BCUT2D eigenvalue weighted by atomic mass is 35.5. The second-order valence-corrected chi connectivity index (χ2v) is 7.29. The van der Waals surface area contributed by atoms with Gasteiger partial charge in [0.2, 0.25) is 0 Å². The van der Waals surface area contributed by atoms with Gasteiger partial charge in [0.25, 0.3) is 0 Å². The van der Waals surface area contributed by atoms with Gasteiger partial charge in [-0.1, -0.05) is 54.1 Å². The lowest BCUT2D eigenvalue weighted by Crippen LogP contribution is -2.48. The summed E-state index contributed by atoms with van der Waals surface area (Å²) in [5.74, 6) is 0. The van der Waals surface area contributed by atoms with Crippen LogP contribution in [0.2, 0.25) is 5.02 Å². The summed E-state index contributed by atoms with van der Waals surface area (Å²) in [4.78, 5) is 16.9. The molecule has 2 aromatic rings. The van der Waals surface area contributed by atoms with Crippen molar-refractivity contribution in [2.24, 2.45) is 0 Å². The highest BCUT2D eigenvalue weighted by Crippen LogP contribution is 2.23. The molecule has 1 fully saturated rings. The average molecular weight is 388 g/mol. The van der Waals surface area contributed by atoms with E-state index < -0.39 is 6.09 Å². The summed E-state index contributed by atoms with van der Waals surface area (Å²) in [5, 5.41) is 3.64. The van der Waals surface area contributed by atoms with Gasteiger partial charge >= 0.3 is 6.09 Å². The predicted molar refractivity (Wildman–Crippen MR) is 108 cm³/mol. The number of piperazine rings is 1. The SMILES string of the molecule is CN1CCN(C(CNC(=O)OCc2ccccc2)c2ccc(Cl)cc2)CC1. The Bertz CT molecular complexity index is 716. The minimum Gasteiger partial charge on any atom is -0.445 e. The number of hydrogen-bond donors (Lipinski definition) is 1. The fourth-order valence-corrected chi connectivity index (χ4v) is 3.36. The van der Waals surface area contributed by atoms with Gasteiger partial charge in [0.05, 0.1) is 6.04 Å². The lowest BCUT2D eigenvalue weighted by Gasteiger charge is -2.38. The minimum atomic E-state index is -0.396. The molecule has 3 rings (SSSR count). The smallest absolute Gasteiger partial charge is 0.407 e. The maximum absolute atomic E-state index is 12.2. The summed E-state index contributed by atoms with van der Waals surface area (Å²) in [5.41, 5.74) is 2.12. The lowest BCUT2D eigenvalue weighted by molar-refractivity contribution is 0.103. The summed E-state index contributed by atoms with van der Waals surface area (Å²) >= 11 is 6.04. The van der Waals surface area contributed by atoms with E-state index in [0.29, 0.717) is 11.6 Å². The van der Waals surface area contributed by atoms with Gasteiger partial charge in [-0.05, 0) is 30.3 Å². The van der Waals surface area contributed by atoms with Crippen molar-refractivity contribution in [2.45, 2.75) is 12.6 Å². The first-order valence-corrected chi connectivity index (χ1v) is 9.62. The summed E-state index contributed by atoms with van der Waals surface area (Å²) in [7, 11) is 2.13. The van der Waals surface area contributed by atoms with Gasteiger partial charge in [-0.3, -0.25) is 4.90 Å². The molecule has 1 saturated heterocycles. The van der Waals surface area contributed by atoms with Crippen LogP contribution in [0.15, 0.2) is 54.6 Å². The summed E-state index contributed by atoms with van der Waals surface area (Å²) in [6.07, 6.45) is -0.396. The van der Waals surface area contributed by atoms with Crippen molar-refractivity contribution in [2.75, 3.05) is 39.8 Å². The Morgan fingerprint density at radius 3 is 2.41 bits per heavy atom. The molecule has 0 saturated carbocycles. The molecule has 0 aliphatic carbocycles. The topological polar surface area (TPSA) is 44.8 Å². The maximum Gasteiger partial charge on any atom is 0.407 e. The molecule has 1 heterocycles. The van der Waals surface area contributed by atoms with Crippen molar-refractivity contribution >= 4 is 17.7 Å². The highest BCUT2D eigenvalue weighted by Gasteiger charge is 2.24. The van der Waals surface area contributed by atoms with Crippen molar-refractivity contribution in [1.29, 1.82) is 0 Å². The molecule has 1 amide bonds. The quantitative estimate of drug-likeness (QED) is 0.823. The number of carbonyl (C=O) groups is 1. The molecule has 0 spiro atoms. The number of likely N-dealkylation sites (N-methyl/N-ethyl adjacent to an activating group) is 1. The first-order chi connectivity index (χ1) is 13.1. The Kier molecular flexibility index (Phi) is 7.10. The molecular formula is C21H26ClN3O2. The number of nitrogens with zero attached hydrogens (tertiary/aromatic N) is 2. The largest absolute Gasteiger partial charge is 0.445 e. The van der Waals surface area contributed by atoms with E-state index in [2.05, 4.69) is 22.2 Å². The normalized spacial score (nSPS) is 16.7. The van der Waals surface area contributed by atoms with E-state index in [1.807, 2.05) is 54.6 Å². The number of nitrogens with one attached hydrogen (secondary N) is 1. The molecule has 1 unspecified atom stereocenters. The third kappa shape index (κ3) is 5.96. The number of benzene rings is 2. The van der Waals surface area contributed by atoms with Gasteiger partial charge < -0.3 is 15.0 Å². The van der Waals surface area contributed by atoms with Crippen LogP contribution in [0.25, 0.3) is 0 Å². The molecular weight excluding hydrogens is 362 g/mol. The van der Waals surface area contributed by atoms with Gasteiger partial charge in [0.1, 0.15) is 6.61 Å². The minimum absolute atomic E-state index is 0.0974. The van der Waals surface area contributed by atoms with E-state index in [4.69, 9.17) is 16.3 Å². The monoisotopic (exact) mass is 387 g/mol. The van der Waals surface area contributed by atoms with E-state index in [-0.39, 0.29) is 12.6 Å². The second-order valence-electron chi connectivity index (χ2n) is 6.85. The van der Waals surface area contributed by atoms with Gasteiger partial charge in [-0.15, -0.1) is 0 Å². The van der Waals surface area contributed by atoms with Crippen LogP contribution in [0.5, 0.6) is 0 Å². The molecule has 1 aliphatic rings. The third-order valence-corrected chi connectivity index (χ3v) is 5.14. The number of ether oxygens (including phenoxy) is 1. The lowest BCUT2D eigenvalue weighted by atomic mass is 10.0. The summed E-state index contributed by atoms with van der Waals surface area (Å²) in [6, 6.07) is 17.6. The van der Waals surface area contributed by atoms with Gasteiger partial charge in [0, 0.05) is 37.7 Å². The van der Waals surface area contributed by atoms with Crippen LogP contribution in [0.4, 0.5) is 4.79 Å². The zero-order valence-electron chi connectivity index (χ0n) is 15.6. The molecule has 1 atom stereocenters. The first-order valence-electron chi connectivity index (χ1n) is 9.24. The summed E-state index contributed by atoms with van der Waals surface area (Å²) < 4.78 is 5.34. The number of hydrogen-bond acceptors (Lipinski definition) is 4. The van der Waals surface area contributed by atoms with E-state index in [1.165, 1.54) is 0 Å². The van der Waals surface area contributed by atoms with Crippen molar-refractivity contribution in [3.05, 3.63) is 70.7 Å². The third-order valence-electron chi connectivity index (χ3n) is 4.89. The molecule has 1 N–H and O–H groups in total. The van der Waals surface area contributed by atoms with Crippen LogP contribution in [-0.4, -0.2) is 55.7 Å². The zero-order valence-corrected chi connectivity index (χ0v) is 16.4. The number of rotatable bonds is 6. The van der Waals surface area contributed by atoms with Crippen LogP contribution in [-0.2, 0) is 11.3 Å². The average Bonchev–Trinajstić information content (AvgIpc) is 2.70. The standard InChI is InChI=1S/C21H26ClN3O2/c1-24-11-13-25(14-12-24)20(18-7-9-19(22)10-8-18)15-23-21(26)27-16-17-5-3-2-4-6-17/h2-10,20H,11-16H2,1H3,(H,23,26). The van der Waals surface area contributed by atoms with Gasteiger partial charge in [-0.2, -0.15) is 0 Å². The van der Waals surface area contributed by atoms with E-state index >= 15 is 0 Å². The summed E-state index contributed by atoms with van der Waals surface area (Å²) in [6.45, 7) is 4.73. The van der Waals surface area contributed by atoms with Crippen LogP contribution < -0.4 is 5.32 Å². The molecule has 6 heteroatoms. The zero-order chi connectivity index (χ0) is 19.1. The molecule has 0 radical (unpaired) electrons. The second kappa shape index (κ2) is 9.74. The highest BCUT2D eigenvalue weighted by molar-refractivity contribution is 6.30. The Labute approximate surface area is 165 Å². The number of alkyl carbamates (subject to hydrolysis) is 1. The van der Waals surface area contributed by atoms with E-state index in [9.17, 15) is 4.79 Å². The molecule has 144 valence electrons. The Morgan fingerprint density at radius 2 is 1.74 bits per heavy atom. The molecule has 1 aliphatic heterocycles. The van der Waals surface area contributed by atoms with Crippen molar-refractivity contribution in [1.82, 2.24) is 15.1 Å². The van der Waals surface area contributed by atoms with Gasteiger partial charge in [-0.25, -0.2) is 4.79 Å². The van der Waals surface area contributed by atoms with E-state index in [1.54, 1.807) is 0 Å². The fourth-order valence-electron chi connectivity index (χ4n) is 3.23. The molecule has 5 nitrogen and oxygen atoms in total. The Hall–Kier alpha value is -2.08. The Balaban J connectivity index is 1.59. The Morgan fingerprint density at radius 1 is 1.07 bits per heavy atom. The molecule has 27 heavy (non-hydrogen) atoms. The van der Waals surface area contributed by atoms with Crippen LogP contribution >= 0.6 is 11.6 Å².